The first-order valence-electron chi connectivity index (χ1n) is 12.0. The molecule has 2 amide bonds. The second kappa shape index (κ2) is 10.4. The minimum atomic E-state index is -0.685. The molecule has 0 fully saturated rings. The highest BCUT2D eigenvalue weighted by Crippen LogP contribution is 2.40. The molecule has 2 heterocycles. The van der Waals surface area contributed by atoms with Crippen LogP contribution in [0.3, 0.4) is 0 Å². The normalized spacial score (nSPS) is 14.4. The lowest BCUT2D eigenvalue weighted by atomic mass is 9.94. The molecule has 1 aromatic heterocycles. The monoisotopic (exact) mass is 527 g/mol. The van der Waals surface area contributed by atoms with Gasteiger partial charge in [0.2, 0.25) is 0 Å². The summed E-state index contributed by atoms with van der Waals surface area (Å²) in [7, 11) is 1.55. The molecular weight excluding hydrogens is 502 g/mol. The topological polar surface area (TPSA) is 97.3 Å². The van der Waals surface area contributed by atoms with Gasteiger partial charge in [0, 0.05) is 22.0 Å². The lowest BCUT2D eigenvalue weighted by Gasteiger charge is -2.30. The first-order chi connectivity index (χ1) is 18.4. The van der Waals surface area contributed by atoms with E-state index in [1.807, 2.05) is 61.5 Å². The van der Waals surface area contributed by atoms with E-state index in [1.165, 1.54) is 6.20 Å². The molecule has 0 saturated heterocycles. The minimum absolute atomic E-state index is 0.324. The average molecular weight is 528 g/mol. The van der Waals surface area contributed by atoms with Crippen LogP contribution in [0.15, 0.2) is 90.3 Å². The Morgan fingerprint density at radius 1 is 0.947 bits per heavy atom. The Bertz CT molecular complexity index is 1560. The Morgan fingerprint density at radius 2 is 1.66 bits per heavy atom. The lowest BCUT2D eigenvalue weighted by Crippen LogP contribution is -2.32. The molecule has 1 atom stereocenters. The molecule has 0 spiro atoms. The predicted molar refractivity (Wildman–Crippen MR) is 149 cm³/mol. The number of halogens is 1. The molecule has 8 nitrogen and oxygen atoms in total. The van der Waals surface area contributed by atoms with Crippen LogP contribution >= 0.6 is 11.6 Å². The third kappa shape index (κ3) is 4.73. The number of aromatic nitrogens is 2. The van der Waals surface area contributed by atoms with Crippen LogP contribution in [0.5, 0.6) is 5.75 Å². The number of hydrogen-bond acceptors (Lipinski definition) is 5. The number of nitrogens with one attached hydrogen (secondary N) is 3. The maximum Gasteiger partial charge on any atom is 0.261 e. The van der Waals surface area contributed by atoms with Crippen LogP contribution in [0.25, 0.3) is 0 Å². The molecule has 3 aromatic carbocycles. The fourth-order valence-electron chi connectivity index (χ4n) is 4.47. The van der Waals surface area contributed by atoms with Crippen molar-refractivity contribution in [3.05, 3.63) is 112 Å². The Labute approximate surface area is 225 Å². The number of allylic oxidation sites excluding steroid dienone is 1. The number of para-hydroxylation sites is 2. The minimum Gasteiger partial charge on any atom is -0.495 e. The van der Waals surface area contributed by atoms with Gasteiger partial charge in [-0.05, 0) is 44.2 Å². The van der Waals surface area contributed by atoms with E-state index in [-0.39, 0.29) is 11.8 Å². The van der Waals surface area contributed by atoms with Gasteiger partial charge in [-0.1, -0.05) is 59.6 Å². The average Bonchev–Trinajstić information content (AvgIpc) is 3.33. The number of aryl methyl sites for hydroxylation is 1. The number of amides is 2. The summed E-state index contributed by atoms with van der Waals surface area (Å²) >= 11 is 6.62. The molecule has 3 N–H and O–H groups in total. The van der Waals surface area contributed by atoms with E-state index in [1.54, 1.807) is 36.9 Å². The van der Waals surface area contributed by atoms with Gasteiger partial charge in [0.25, 0.3) is 11.8 Å². The molecule has 5 rings (SSSR count). The fourth-order valence-corrected chi connectivity index (χ4v) is 4.71. The van der Waals surface area contributed by atoms with E-state index in [0.717, 1.165) is 5.56 Å². The van der Waals surface area contributed by atoms with Crippen molar-refractivity contribution in [2.75, 3.05) is 23.1 Å². The first-order valence-corrected chi connectivity index (χ1v) is 12.4. The number of nitrogens with zero attached hydrogens (tertiary/aromatic N) is 2. The predicted octanol–water partition coefficient (Wildman–Crippen LogP) is 6.03. The molecule has 4 aromatic rings. The molecule has 38 heavy (non-hydrogen) atoms. The first kappa shape index (κ1) is 25.1. The fraction of sp³-hybridized carbons (Fsp3) is 0.138. The van der Waals surface area contributed by atoms with Crippen molar-refractivity contribution in [3.8, 4) is 5.75 Å². The van der Waals surface area contributed by atoms with E-state index < -0.39 is 6.04 Å². The lowest BCUT2D eigenvalue weighted by molar-refractivity contribution is -0.113. The molecule has 0 unspecified atom stereocenters. The molecule has 0 radical (unpaired) electrons. The number of carbonyl (C=O) groups excluding carboxylic acids is 2. The third-order valence-electron chi connectivity index (χ3n) is 6.38. The summed E-state index contributed by atoms with van der Waals surface area (Å²) in [5.74, 6) is 0.323. The van der Waals surface area contributed by atoms with E-state index in [9.17, 15) is 9.59 Å². The highest BCUT2D eigenvalue weighted by Gasteiger charge is 2.36. The Hall–Kier alpha value is -4.56. The van der Waals surface area contributed by atoms with Crippen molar-refractivity contribution in [3.63, 3.8) is 0 Å². The van der Waals surface area contributed by atoms with Gasteiger partial charge >= 0.3 is 0 Å². The summed E-state index contributed by atoms with van der Waals surface area (Å²) in [6, 6.07) is 21.3. The highest BCUT2D eigenvalue weighted by molar-refractivity contribution is 6.31. The zero-order chi connectivity index (χ0) is 26.8. The Kier molecular flexibility index (Phi) is 6.89. The number of anilines is 3. The van der Waals surface area contributed by atoms with Crippen LogP contribution in [0.2, 0.25) is 5.02 Å². The molecule has 1 aliphatic rings. The zero-order valence-electron chi connectivity index (χ0n) is 21.1. The molecule has 9 heteroatoms. The number of ether oxygens (including phenoxy) is 1. The highest BCUT2D eigenvalue weighted by atomic mass is 35.5. The van der Waals surface area contributed by atoms with Crippen molar-refractivity contribution in [1.82, 2.24) is 9.78 Å². The van der Waals surface area contributed by atoms with Crippen LogP contribution < -0.4 is 20.7 Å². The van der Waals surface area contributed by atoms with Gasteiger partial charge in [0.05, 0.1) is 24.6 Å². The summed E-state index contributed by atoms with van der Waals surface area (Å²) in [6.07, 6.45) is 1.49. The summed E-state index contributed by atoms with van der Waals surface area (Å²) in [4.78, 5) is 27.0. The second-order valence-electron chi connectivity index (χ2n) is 8.91. The van der Waals surface area contributed by atoms with Gasteiger partial charge in [-0.25, -0.2) is 4.68 Å². The number of hydrogen-bond donors (Lipinski definition) is 3. The number of carbonyl (C=O) groups is 2. The maximum absolute atomic E-state index is 13.7. The van der Waals surface area contributed by atoms with E-state index in [0.29, 0.717) is 50.4 Å². The quantitative estimate of drug-likeness (QED) is 0.284. The van der Waals surface area contributed by atoms with Gasteiger partial charge in [0.15, 0.2) is 0 Å². The molecule has 1 aliphatic heterocycles. The van der Waals surface area contributed by atoms with E-state index >= 15 is 0 Å². The van der Waals surface area contributed by atoms with Crippen LogP contribution in [-0.2, 0) is 4.79 Å². The smallest absolute Gasteiger partial charge is 0.261 e. The summed E-state index contributed by atoms with van der Waals surface area (Å²) in [5, 5.41) is 14.1. The van der Waals surface area contributed by atoms with Crippen molar-refractivity contribution >= 4 is 40.6 Å². The van der Waals surface area contributed by atoms with Crippen LogP contribution in [0.1, 0.15) is 34.5 Å². The number of benzene rings is 3. The van der Waals surface area contributed by atoms with E-state index in [4.69, 9.17) is 16.3 Å². The van der Waals surface area contributed by atoms with Crippen LogP contribution in [0.4, 0.5) is 17.2 Å². The van der Waals surface area contributed by atoms with Crippen molar-refractivity contribution in [2.45, 2.75) is 19.9 Å². The Morgan fingerprint density at radius 3 is 2.39 bits per heavy atom. The van der Waals surface area contributed by atoms with Gasteiger partial charge in [-0.15, -0.1) is 0 Å². The van der Waals surface area contributed by atoms with Crippen LogP contribution in [-0.4, -0.2) is 28.7 Å². The summed E-state index contributed by atoms with van der Waals surface area (Å²) in [6.45, 7) is 3.77. The molecule has 0 bridgehead atoms. The van der Waals surface area contributed by atoms with Gasteiger partial charge in [-0.3, -0.25) is 9.59 Å². The van der Waals surface area contributed by atoms with Crippen molar-refractivity contribution in [1.29, 1.82) is 0 Å². The summed E-state index contributed by atoms with van der Waals surface area (Å²) < 4.78 is 7.02. The molecular formula is C29H26ClN5O3. The van der Waals surface area contributed by atoms with E-state index in [2.05, 4.69) is 21.0 Å². The SMILES string of the molecule is COc1ccccc1NC(=O)C1=C(C)Nc2c(C(=O)Nc3ccc(C)cc3)cnn2[C@@H]1c1ccccc1Cl. The van der Waals surface area contributed by atoms with Gasteiger partial charge in [0.1, 0.15) is 23.2 Å². The van der Waals surface area contributed by atoms with Crippen molar-refractivity contribution in [2.24, 2.45) is 0 Å². The standard InChI is InChI=1S/C29H26ClN5O3/c1-17-12-14-19(15-13-17)33-28(36)21-16-31-35-26(20-8-4-5-9-22(20)30)25(18(2)32-27(21)35)29(37)34-23-10-6-7-11-24(23)38-3/h4-16,26,32H,1-3H3,(H,33,36)(H,34,37)/t26-/m1/s1. The number of rotatable bonds is 6. The molecule has 0 saturated carbocycles. The second-order valence-corrected chi connectivity index (χ2v) is 9.32. The van der Waals surface area contributed by atoms with Crippen LogP contribution in [0, 0.1) is 6.92 Å². The van der Waals surface area contributed by atoms with Gasteiger partial charge < -0.3 is 20.7 Å². The number of fused-ring (bicyclic) bond motifs is 1. The van der Waals surface area contributed by atoms with Crippen molar-refractivity contribution < 1.29 is 14.3 Å². The van der Waals surface area contributed by atoms with Gasteiger partial charge in [-0.2, -0.15) is 5.10 Å². The molecule has 0 aliphatic carbocycles. The largest absolute Gasteiger partial charge is 0.495 e. The Balaban J connectivity index is 1.55. The zero-order valence-corrected chi connectivity index (χ0v) is 21.8. The number of methoxy groups -OCH3 is 1. The summed E-state index contributed by atoms with van der Waals surface area (Å²) in [5.41, 5.74) is 4.28. The third-order valence-corrected chi connectivity index (χ3v) is 6.72. The maximum atomic E-state index is 13.7. The molecule has 192 valence electrons.